The van der Waals surface area contributed by atoms with Crippen molar-refractivity contribution >= 4 is 23.2 Å². The van der Waals surface area contributed by atoms with Crippen LogP contribution in [0.2, 0.25) is 5.02 Å². The molecule has 0 saturated carbocycles. The first-order valence-corrected chi connectivity index (χ1v) is 7.75. The van der Waals surface area contributed by atoms with E-state index in [1.807, 2.05) is 30.9 Å². The third-order valence-corrected chi connectivity index (χ3v) is 3.61. The predicted octanol–water partition coefficient (Wildman–Crippen LogP) is 2.99. The first kappa shape index (κ1) is 18.0. The summed E-state index contributed by atoms with van der Waals surface area (Å²) in [4.78, 5) is 14.1. The average molecular weight is 313 g/mol. The van der Waals surface area contributed by atoms with E-state index in [1.165, 1.54) is 0 Å². The SMILES string of the molecule is CCCCN(CCO)CC(=O)Nc1c(C)cc(C)cc1Cl. The molecule has 0 aromatic heterocycles. The minimum Gasteiger partial charge on any atom is -0.395 e. The van der Waals surface area contributed by atoms with Gasteiger partial charge < -0.3 is 10.4 Å². The summed E-state index contributed by atoms with van der Waals surface area (Å²) in [6.07, 6.45) is 2.07. The topological polar surface area (TPSA) is 52.6 Å². The molecule has 1 rings (SSSR count). The van der Waals surface area contributed by atoms with Crippen LogP contribution in [0.15, 0.2) is 12.1 Å². The molecule has 0 unspecified atom stereocenters. The summed E-state index contributed by atoms with van der Waals surface area (Å²) in [6, 6.07) is 3.83. The Hall–Kier alpha value is -1.10. The van der Waals surface area contributed by atoms with Gasteiger partial charge in [0.05, 0.1) is 23.9 Å². The van der Waals surface area contributed by atoms with Crippen LogP contribution in [0.4, 0.5) is 5.69 Å². The fraction of sp³-hybridized carbons (Fsp3) is 0.562. The maximum atomic E-state index is 12.2. The Morgan fingerprint density at radius 3 is 2.62 bits per heavy atom. The van der Waals surface area contributed by atoms with E-state index in [-0.39, 0.29) is 19.1 Å². The van der Waals surface area contributed by atoms with Crippen LogP contribution in [0, 0.1) is 13.8 Å². The van der Waals surface area contributed by atoms with Gasteiger partial charge in [-0.1, -0.05) is 31.0 Å². The van der Waals surface area contributed by atoms with E-state index in [4.69, 9.17) is 16.7 Å². The van der Waals surface area contributed by atoms with Gasteiger partial charge in [0.2, 0.25) is 5.91 Å². The smallest absolute Gasteiger partial charge is 0.238 e. The number of carbonyl (C=O) groups excluding carboxylic acids is 1. The average Bonchev–Trinajstić information content (AvgIpc) is 2.40. The number of hydrogen-bond acceptors (Lipinski definition) is 3. The lowest BCUT2D eigenvalue weighted by molar-refractivity contribution is -0.117. The number of amides is 1. The first-order valence-electron chi connectivity index (χ1n) is 7.37. The zero-order valence-electron chi connectivity index (χ0n) is 13.1. The standard InChI is InChI=1S/C16H25ClN2O2/c1-4-5-6-19(7-8-20)11-15(21)18-16-13(3)9-12(2)10-14(16)17/h9-10,20H,4-8,11H2,1-3H3,(H,18,21). The van der Waals surface area contributed by atoms with Crippen molar-refractivity contribution in [2.75, 3.05) is 31.6 Å². The van der Waals surface area contributed by atoms with Crippen LogP contribution >= 0.6 is 11.6 Å². The largest absolute Gasteiger partial charge is 0.395 e. The molecule has 0 heterocycles. The Morgan fingerprint density at radius 2 is 2.05 bits per heavy atom. The number of rotatable bonds is 8. The molecule has 1 amide bonds. The second-order valence-electron chi connectivity index (χ2n) is 5.34. The summed E-state index contributed by atoms with van der Waals surface area (Å²) < 4.78 is 0. The highest BCUT2D eigenvalue weighted by Gasteiger charge is 2.13. The van der Waals surface area contributed by atoms with Gasteiger partial charge in [-0.2, -0.15) is 0 Å². The number of nitrogens with zero attached hydrogens (tertiary/aromatic N) is 1. The summed E-state index contributed by atoms with van der Waals surface area (Å²) in [5, 5.41) is 12.5. The molecule has 0 spiro atoms. The fourth-order valence-corrected chi connectivity index (χ4v) is 2.62. The van der Waals surface area contributed by atoms with Crippen molar-refractivity contribution in [3.8, 4) is 0 Å². The molecular weight excluding hydrogens is 288 g/mol. The number of carbonyl (C=O) groups is 1. The van der Waals surface area contributed by atoms with Crippen LogP contribution in [0.25, 0.3) is 0 Å². The highest BCUT2D eigenvalue weighted by atomic mass is 35.5. The number of aliphatic hydroxyl groups is 1. The highest BCUT2D eigenvalue weighted by molar-refractivity contribution is 6.34. The van der Waals surface area contributed by atoms with Gasteiger partial charge in [0.1, 0.15) is 0 Å². The van der Waals surface area contributed by atoms with Crippen LogP contribution < -0.4 is 5.32 Å². The Labute approximate surface area is 132 Å². The molecule has 0 bridgehead atoms. The molecule has 0 aliphatic carbocycles. The van der Waals surface area contributed by atoms with Crippen LogP contribution in [0.1, 0.15) is 30.9 Å². The highest BCUT2D eigenvalue weighted by Crippen LogP contribution is 2.27. The van der Waals surface area contributed by atoms with Crippen molar-refractivity contribution < 1.29 is 9.90 Å². The molecule has 0 aliphatic heterocycles. The van der Waals surface area contributed by atoms with E-state index in [0.29, 0.717) is 17.3 Å². The zero-order chi connectivity index (χ0) is 15.8. The minimum atomic E-state index is -0.103. The van der Waals surface area contributed by atoms with E-state index >= 15 is 0 Å². The Bertz CT molecular complexity index is 454. The van der Waals surface area contributed by atoms with Gasteiger partial charge in [-0.15, -0.1) is 0 Å². The number of halogens is 1. The van der Waals surface area contributed by atoms with Crippen LogP contribution in [-0.4, -0.2) is 42.2 Å². The summed E-state index contributed by atoms with van der Waals surface area (Å²) in [5.74, 6) is -0.103. The van der Waals surface area contributed by atoms with Crippen molar-refractivity contribution in [1.82, 2.24) is 4.90 Å². The van der Waals surface area contributed by atoms with Crippen LogP contribution in [0.5, 0.6) is 0 Å². The van der Waals surface area contributed by atoms with E-state index in [0.717, 1.165) is 30.5 Å². The van der Waals surface area contributed by atoms with E-state index in [2.05, 4.69) is 12.2 Å². The molecule has 2 N–H and O–H groups in total. The number of aliphatic hydroxyl groups excluding tert-OH is 1. The van der Waals surface area contributed by atoms with Crippen molar-refractivity contribution in [1.29, 1.82) is 0 Å². The van der Waals surface area contributed by atoms with Crippen molar-refractivity contribution in [2.45, 2.75) is 33.6 Å². The molecule has 4 nitrogen and oxygen atoms in total. The van der Waals surface area contributed by atoms with Crippen molar-refractivity contribution in [3.05, 3.63) is 28.3 Å². The predicted molar refractivity (Wildman–Crippen MR) is 88.0 cm³/mol. The Kier molecular flexibility index (Phi) is 7.72. The molecule has 0 radical (unpaired) electrons. The van der Waals surface area contributed by atoms with E-state index < -0.39 is 0 Å². The maximum absolute atomic E-state index is 12.2. The molecule has 0 saturated heterocycles. The normalized spacial score (nSPS) is 11.0. The number of hydrogen-bond donors (Lipinski definition) is 2. The molecule has 0 fully saturated rings. The molecule has 0 atom stereocenters. The Morgan fingerprint density at radius 1 is 1.33 bits per heavy atom. The van der Waals surface area contributed by atoms with E-state index in [1.54, 1.807) is 0 Å². The summed E-state index contributed by atoms with van der Waals surface area (Å²) in [7, 11) is 0. The lowest BCUT2D eigenvalue weighted by atomic mass is 10.1. The van der Waals surface area contributed by atoms with Crippen molar-refractivity contribution in [2.24, 2.45) is 0 Å². The summed E-state index contributed by atoms with van der Waals surface area (Å²) >= 11 is 6.19. The maximum Gasteiger partial charge on any atom is 0.238 e. The molecule has 1 aromatic rings. The zero-order valence-corrected chi connectivity index (χ0v) is 13.8. The summed E-state index contributed by atoms with van der Waals surface area (Å²) in [6.45, 7) is 7.65. The number of unbranched alkanes of at least 4 members (excludes halogenated alkanes) is 1. The van der Waals surface area contributed by atoms with Crippen molar-refractivity contribution in [3.63, 3.8) is 0 Å². The molecule has 118 valence electrons. The third kappa shape index (κ3) is 6.04. The second-order valence-corrected chi connectivity index (χ2v) is 5.75. The van der Waals surface area contributed by atoms with Gasteiger partial charge >= 0.3 is 0 Å². The van der Waals surface area contributed by atoms with Gasteiger partial charge in [0.15, 0.2) is 0 Å². The number of nitrogens with one attached hydrogen (secondary N) is 1. The second kappa shape index (κ2) is 9.03. The number of aryl methyl sites for hydroxylation is 2. The number of anilines is 1. The van der Waals surface area contributed by atoms with Gasteiger partial charge in [-0.05, 0) is 44.0 Å². The molecule has 1 aromatic carbocycles. The van der Waals surface area contributed by atoms with Gasteiger partial charge in [0, 0.05) is 6.54 Å². The molecule has 5 heteroatoms. The van der Waals surface area contributed by atoms with E-state index in [9.17, 15) is 4.79 Å². The van der Waals surface area contributed by atoms with Gasteiger partial charge in [-0.25, -0.2) is 0 Å². The fourth-order valence-electron chi connectivity index (χ4n) is 2.25. The third-order valence-electron chi connectivity index (χ3n) is 3.31. The lowest BCUT2D eigenvalue weighted by Gasteiger charge is -2.21. The molecule has 0 aliphatic rings. The van der Waals surface area contributed by atoms with Gasteiger partial charge in [0.25, 0.3) is 0 Å². The monoisotopic (exact) mass is 312 g/mol. The van der Waals surface area contributed by atoms with Gasteiger partial charge in [-0.3, -0.25) is 9.69 Å². The summed E-state index contributed by atoms with van der Waals surface area (Å²) in [5.41, 5.74) is 2.70. The lowest BCUT2D eigenvalue weighted by Crippen LogP contribution is -2.36. The van der Waals surface area contributed by atoms with Crippen LogP contribution in [0.3, 0.4) is 0 Å². The quantitative estimate of drug-likeness (QED) is 0.776. The minimum absolute atomic E-state index is 0.0569. The Balaban J connectivity index is 2.67. The number of benzene rings is 1. The molecular formula is C16H25ClN2O2. The molecule has 21 heavy (non-hydrogen) atoms. The first-order chi connectivity index (χ1) is 9.97. The van der Waals surface area contributed by atoms with Crippen LogP contribution in [-0.2, 0) is 4.79 Å².